The second-order valence-corrected chi connectivity index (χ2v) is 3.95. The molecule has 0 radical (unpaired) electrons. The summed E-state index contributed by atoms with van der Waals surface area (Å²) in [6, 6.07) is 9.23. The Balaban J connectivity index is 1.98. The lowest BCUT2D eigenvalue weighted by Crippen LogP contribution is -2.22. The van der Waals surface area contributed by atoms with Gasteiger partial charge < -0.3 is 10.1 Å². The van der Waals surface area contributed by atoms with Gasteiger partial charge in [0, 0.05) is 24.5 Å². The van der Waals surface area contributed by atoms with Gasteiger partial charge in [-0.1, -0.05) is 12.1 Å². The van der Waals surface area contributed by atoms with Crippen LogP contribution in [-0.2, 0) is 6.54 Å². The number of amides is 1. The van der Waals surface area contributed by atoms with E-state index in [1.807, 2.05) is 6.07 Å². The van der Waals surface area contributed by atoms with Crippen molar-refractivity contribution in [2.75, 3.05) is 0 Å². The van der Waals surface area contributed by atoms with Crippen molar-refractivity contribution in [3.63, 3.8) is 0 Å². The van der Waals surface area contributed by atoms with Crippen molar-refractivity contribution in [2.24, 2.45) is 0 Å². The zero-order chi connectivity index (χ0) is 14.4. The van der Waals surface area contributed by atoms with Gasteiger partial charge in [0.05, 0.1) is 0 Å². The summed E-state index contributed by atoms with van der Waals surface area (Å²) in [6.45, 7) is -2.60. The molecule has 0 unspecified atom stereocenters. The number of hydrogen-bond donors (Lipinski definition) is 1. The standard InChI is InChI=1S/C14H12F2N2O2/c15-14(16)20-12-5-1-4-11(7-12)13(19)18-9-10-3-2-6-17-8-10/h1-8,14H,9H2,(H,18,19). The van der Waals surface area contributed by atoms with Gasteiger partial charge in [0.25, 0.3) is 5.91 Å². The van der Waals surface area contributed by atoms with Gasteiger partial charge in [0.2, 0.25) is 0 Å². The summed E-state index contributed by atoms with van der Waals surface area (Å²) in [6.07, 6.45) is 3.27. The van der Waals surface area contributed by atoms with Crippen LogP contribution in [0, 0.1) is 0 Å². The summed E-state index contributed by atoms with van der Waals surface area (Å²) in [5, 5.41) is 2.67. The Bertz CT molecular complexity index is 576. The number of hydrogen-bond acceptors (Lipinski definition) is 3. The van der Waals surface area contributed by atoms with Crippen LogP contribution in [0.5, 0.6) is 5.75 Å². The van der Waals surface area contributed by atoms with E-state index in [-0.39, 0.29) is 17.2 Å². The fourth-order valence-electron chi connectivity index (χ4n) is 1.60. The molecule has 1 N–H and O–H groups in total. The molecule has 20 heavy (non-hydrogen) atoms. The van der Waals surface area contributed by atoms with Crippen molar-refractivity contribution in [1.82, 2.24) is 10.3 Å². The highest BCUT2D eigenvalue weighted by Crippen LogP contribution is 2.15. The number of ether oxygens (including phenoxy) is 1. The van der Waals surface area contributed by atoms with Gasteiger partial charge in [0.15, 0.2) is 0 Å². The fourth-order valence-corrected chi connectivity index (χ4v) is 1.60. The minimum atomic E-state index is -2.91. The van der Waals surface area contributed by atoms with Crippen molar-refractivity contribution < 1.29 is 18.3 Å². The average Bonchev–Trinajstić information content (AvgIpc) is 2.45. The molecular formula is C14H12F2N2O2. The van der Waals surface area contributed by atoms with Crippen LogP contribution in [0.4, 0.5) is 8.78 Å². The van der Waals surface area contributed by atoms with Crippen molar-refractivity contribution >= 4 is 5.91 Å². The molecule has 0 spiro atoms. The smallest absolute Gasteiger partial charge is 0.387 e. The lowest BCUT2D eigenvalue weighted by atomic mass is 10.2. The number of aromatic nitrogens is 1. The summed E-state index contributed by atoms with van der Waals surface area (Å²) in [7, 11) is 0. The van der Waals surface area contributed by atoms with E-state index in [4.69, 9.17) is 0 Å². The van der Waals surface area contributed by atoms with E-state index in [0.717, 1.165) is 5.56 Å². The molecular weight excluding hydrogens is 266 g/mol. The molecule has 0 atom stereocenters. The molecule has 4 nitrogen and oxygen atoms in total. The molecule has 1 amide bonds. The van der Waals surface area contributed by atoms with E-state index in [2.05, 4.69) is 15.0 Å². The second kappa shape index (κ2) is 6.60. The predicted octanol–water partition coefficient (Wildman–Crippen LogP) is 2.61. The SMILES string of the molecule is O=C(NCc1cccnc1)c1cccc(OC(F)F)c1. The van der Waals surface area contributed by atoms with Crippen LogP contribution in [0.25, 0.3) is 0 Å². The molecule has 1 aromatic carbocycles. The van der Waals surface area contributed by atoms with Gasteiger partial charge in [-0.2, -0.15) is 8.78 Å². The number of carbonyl (C=O) groups excluding carboxylic acids is 1. The van der Waals surface area contributed by atoms with Crippen LogP contribution in [0.15, 0.2) is 48.8 Å². The molecule has 0 bridgehead atoms. The number of benzene rings is 1. The third kappa shape index (κ3) is 4.01. The molecule has 0 saturated heterocycles. The number of halogens is 2. The molecule has 2 rings (SSSR count). The first kappa shape index (κ1) is 13.9. The van der Waals surface area contributed by atoms with E-state index in [0.29, 0.717) is 6.54 Å². The topological polar surface area (TPSA) is 51.2 Å². The van der Waals surface area contributed by atoms with Gasteiger partial charge >= 0.3 is 6.61 Å². The quantitative estimate of drug-likeness (QED) is 0.914. The first-order chi connectivity index (χ1) is 9.65. The number of rotatable bonds is 5. The molecule has 1 aromatic heterocycles. The van der Waals surface area contributed by atoms with Crippen LogP contribution in [-0.4, -0.2) is 17.5 Å². The maximum atomic E-state index is 12.1. The van der Waals surface area contributed by atoms with Gasteiger partial charge in [0.1, 0.15) is 5.75 Å². The number of pyridine rings is 1. The highest BCUT2D eigenvalue weighted by molar-refractivity contribution is 5.94. The molecule has 0 saturated carbocycles. The molecule has 0 aliphatic rings. The summed E-state index contributed by atoms with van der Waals surface area (Å²) < 4.78 is 28.4. The predicted molar refractivity (Wildman–Crippen MR) is 68.5 cm³/mol. The van der Waals surface area contributed by atoms with Crippen LogP contribution in [0.1, 0.15) is 15.9 Å². The zero-order valence-corrected chi connectivity index (χ0v) is 10.4. The van der Waals surface area contributed by atoms with E-state index in [9.17, 15) is 13.6 Å². The maximum Gasteiger partial charge on any atom is 0.387 e. The number of nitrogens with zero attached hydrogens (tertiary/aromatic N) is 1. The third-order valence-electron chi connectivity index (χ3n) is 2.50. The molecule has 1 heterocycles. The highest BCUT2D eigenvalue weighted by Gasteiger charge is 2.09. The molecule has 0 aliphatic heterocycles. The van der Waals surface area contributed by atoms with Gasteiger partial charge in [-0.25, -0.2) is 0 Å². The van der Waals surface area contributed by atoms with E-state index < -0.39 is 6.61 Å². The first-order valence-electron chi connectivity index (χ1n) is 5.87. The minimum absolute atomic E-state index is 0.0472. The van der Waals surface area contributed by atoms with Gasteiger partial charge in [-0.15, -0.1) is 0 Å². The molecule has 0 fully saturated rings. The number of carbonyl (C=O) groups is 1. The minimum Gasteiger partial charge on any atom is -0.435 e. The van der Waals surface area contributed by atoms with Crippen LogP contribution in [0.3, 0.4) is 0 Å². The number of nitrogens with one attached hydrogen (secondary N) is 1. The molecule has 104 valence electrons. The Morgan fingerprint density at radius 1 is 1.30 bits per heavy atom. The van der Waals surface area contributed by atoms with E-state index in [1.54, 1.807) is 18.5 Å². The average molecular weight is 278 g/mol. The van der Waals surface area contributed by atoms with Crippen LogP contribution < -0.4 is 10.1 Å². The van der Waals surface area contributed by atoms with Crippen LogP contribution >= 0.6 is 0 Å². The molecule has 0 aliphatic carbocycles. The fraction of sp³-hybridized carbons (Fsp3) is 0.143. The summed E-state index contributed by atoms with van der Waals surface area (Å²) in [5.74, 6) is -0.414. The van der Waals surface area contributed by atoms with Crippen molar-refractivity contribution in [3.05, 3.63) is 59.9 Å². The normalized spacial score (nSPS) is 10.3. The van der Waals surface area contributed by atoms with Crippen molar-refractivity contribution in [3.8, 4) is 5.75 Å². The first-order valence-corrected chi connectivity index (χ1v) is 5.87. The third-order valence-corrected chi connectivity index (χ3v) is 2.50. The lowest BCUT2D eigenvalue weighted by Gasteiger charge is -2.08. The van der Waals surface area contributed by atoms with Crippen molar-refractivity contribution in [2.45, 2.75) is 13.2 Å². The Kier molecular flexibility index (Phi) is 4.60. The Morgan fingerprint density at radius 3 is 2.85 bits per heavy atom. The van der Waals surface area contributed by atoms with Gasteiger partial charge in [-0.3, -0.25) is 9.78 Å². The summed E-state index contributed by atoms with van der Waals surface area (Å²) in [5.41, 5.74) is 1.10. The Hall–Kier alpha value is -2.50. The molecule has 6 heteroatoms. The Labute approximate surface area is 114 Å². The maximum absolute atomic E-state index is 12.1. The molecule has 2 aromatic rings. The largest absolute Gasteiger partial charge is 0.435 e. The number of alkyl halides is 2. The Morgan fingerprint density at radius 2 is 2.15 bits per heavy atom. The summed E-state index contributed by atoms with van der Waals surface area (Å²) >= 11 is 0. The van der Waals surface area contributed by atoms with E-state index >= 15 is 0 Å². The van der Waals surface area contributed by atoms with Gasteiger partial charge in [-0.05, 0) is 29.8 Å². The monoisotopic (exact) mass is 278 g/mol. The highest BCUT2D eigenvalue weighted by atomic mass is 19.3. The lowest BCUT2D eigenvalue weighted by molar-refractivity contribution is -0.0498. The van der Waals surface area contributed by atoms with E-state index in [1.165, 1.54) is 24.3 Å². The van der Waals surface area contributed by atoms with Crippen molar-refractivity contribution in [1.29, 1.82) is 0 Å². The summed E-state index contributed by atoms with van der Waals surface area (Å²) in [4.78, 5) is 15.8. The zero-order valence-electron chi connectivity index (χ0n) is 10.4. The second-order valence-electron chi connectivity index (χ2n) is 3.95. The van der Waals surface area contributed by atoms with Crippen LogP contribution in [0.2, 0.25) is 0 Å².